The Morgan fingerprint density at radius 2 is 1.71 bits per heavy atom. The highest BCUT2D eigenvalue weighted by Gasteiger charge is 2.47. The van der Waals surface area contributed by atoms with Crippen LogP contribution in [0.25, 0.3) is 29.9 Å². The van der Waals surface area contributed by atoms with Gasteiger partial charge in [-0.1, -0.05) is 52.3 Å². The molecule has 3 atom stereocenters. The summed E-state index contributed by atoms with van der Waals surface area (Å²) >= 11 is 0. The molecule has 1 unspecified atom stereocenters. The van der Waals surface area contributed by atoms with E-state index in [4.69, 9.17) is 9.47 Å². The van der Waals surface area contributed by atoms with Gasteiger partial charge in [0.05, 0.1) is 29.8 Å². The highest BCUT2D eigenvalue weighted by atomic mass is 16.5. The molecular formula is C45H54N4O6. The summed E-state index contributed by atoms with van der Waals surface area (Å²) < 4.78 is 10.9. The number of H-pyrrole nitrogens is 3. The van der Waals surface area contributed by atoms with E-state index in [1.165, 1.54) is 12.7 Å². The maximum atomic E-state index is 14.3. The van der Waals surface area contributed by atoms with Crippen LogP contribution in [0.15, 0.2) is 29.5 Å². The number of esters is 2. The summed E-state index contributed by atoms with van der Waals surface area (Å²) in [6, 6.07) is -0.514. The zero-order valence-corrected chi connectivity index (χ0v) is 33.4. The first-order valence-corrected chi connectivity index (χ1v) is 19.5. The zero-order valence-electron chi connectivity index (χ0n) is 33.4. The van der Waals surface area contributed by atoms with Gasteiger partial charge in [0.1, 0.15) is 12.2 Å². The van der Waals surface area contributed by atoms with Crippen LogP contribution in [-0.4, -0.2) is 58.7 Å². The average Bonchev–Trinajstić information content (AvgIpc) is 3.90. The Kier molecular flexibility index (Phi) is 11.5. The molecule has 0 radical (unpaired) electrons. The Labute approximate surface area is 322 Å². The number of ether oxygens (including phenoxy) is 2. The molecule has 8 bridgehead atoms. The van der Waals surface area contributed by atoms with Crippen molar-refractivity contribution in [3.05, 3.63) is 96.4 Å². The highest BCUT2D eigenvalue weighted by molar-refractivity contribution is 6.34. The number of carbonyl (C=O) groups excluding carboxylic acids is 4. The minimum atomic E-state index is -0.710. The number of hydrogen-bond donors (Lipinski definition) is 4. The predicted molar refractivity (Wildman–Crippen MR) is 217 cm³/mol. The Hall–Kier alpha value is -5.38. The second-order valence-corrected chi connectivity index (χ2v) is 15.6. The molecule has 4 N–H and O–H groups in total. The third-order valence-electron chi connectivity index (χ3n) is 11.7. The summed E-state index contributed by atoms with van der Waals surface area (Å²) in [7, 11) is 1.28. The van der Waals surface area contributed by atoms with Gasteiger partial charge in [0.25, 0.3) is 0 Å². The van der Waals surface area contributed by atoms with E-state index < -0.39 is 17.8 Å². The molecule has 0 aromatic carbocycles. The van der Waals surface area contributed by atoms with Crippen molar-refractivity contribution >= 4 is 53.9 Å². The van der Waals surface area contributed by atoms with Crippen LogP contribution in [0.3, 0.4) is 0 Å². The molecule has 0 spiro atoms. The Morgan fingerprint density at radius 3 is 2.38 bits per heavy atom. The summed E-state index contributed by atoms with van der Waals surface area (Å²) in [5.74, 6) is -1.06. The predicted octanol–water partition coefficient (Wildman–Crippen LogP) is 6.76. The van der Waals surface area contributed by atoms with Gasteiger partial charge in [0.15, 0.2) is 6.29 Å². The Balaban J connectivity index is 1.47. The van der Waals surface area contributed by atoms with Crippen molar-refractivity contribution in [1.82, 2.24) is 20.3 Å². The number of aromatic amines is 3. The number of aldehydes is 1. The van der Waals surface area contributed by atoms with Crippen molar-refractivity contribution < 1.29 is 28.7 Å². The summed E-state index contributed by atoms with van der Waals surface area (Å²) in [5, 5.41) is 5.11. The van der Waals surface area contributed by atoms with Crippen LogP contribution in [0, 0.1) is 31.6 Å². The fraction of sp³-hybridized carbons (Fsp3) is 0.422. The second kappa shape index (κ2) is 16.2. The second-order valence-electron chi connectivity index (χ2n) is 15.6. The summed E-state index contributed by atoms with van der Waals surface area (Å²) in [6.07, 6.45) is 15.0. The van der Waals surface area contributed by atoms with Crippen LogP contribution in [-0.2, 0) is 25.5 Å². The van der Waals surface area contributed by atoms with Gasteiger partial charge < -0.3 is 29.7 Å². The van der Waals surface area contributed by atoms with Crippen molar-refractivity contribution in [3.63, 3.8) is 0 Å². The molecule has 3 aliphatic rings. The number of rotatable bonds is 13. The number of methoxy groups -OCH3 is 1. The fourth-order valence-corrected chi connectivity index (χ4v) is 8.54. The van der Waals surface area contributed by atoms with Gasteiger partial charge in [-0.3, -0.25) is 14.4 Å². The first-order valence-electron chi connectivity index (χ1n) is 19.5. The zero-order chi connectivity index (χ0) is 39.7. The minimum Gasteiger partial charge on any atom is -0.465 e. The summed E-state index contributed by atoms with van der Waals surface area (Å²) in [4.78, 5) is 64.0. The van der Waals surface area contributed by atoms with Crippen LogP contribution in [0.1, 0.15) is 132 Å². The smallest absolute Gasteiger partial charge is 0.342 e. The highest BCUT2D eigenvalue weighted by Crippen LogP contribution is 2.46. The third-order valence-corrected chi connectivity index (χ3v) is 11.7. The Bertz CT molecular complexity index is 2290. The molecule has 3 aromatic rings. The number of Topliss-reactive ketones (excluding diaryl/α,β-unsaturated/α-hetero) is 1. The first-order chi connectivity index (χ1) is 26.3. The van der Waals surface area contributed by atoms with E-state index in [1.807, 2.05) is 39.0 Å². The lowest BCUT2D eigenvalue weighted by Crippen LogP contribution is -2.31. The molecule has 1 saturated heterocycles. The number of allylic oxidation sites excluding steroid dienone is 2. The van der Waals surface area contributed by atoms with Crippen molar-refractivity contribution in [2.45, 2.75) is 93.0 Å². The Morgan fingerprint density at radius 1 is 0.982 bits per heavy atom. The van der Waals surface area contributed by atoms with Crippen molar-refractivity contribution in [3.8, 4) is 0 Å². The van der Waals surface area contributed by atoms with Crippen molar-refractivity contribution in [2.24, 2.45) is 17.8 Å². The molecular weight excluding hydrogens is 693 g/mol. The van der Waals surface area contributed by atoms with Gasteiger partial charge in [-0.05, 0) is 99.3 Å². The molecule has 0 saturated carbocycles. The van der Waals surface area contributed by atoms with E-state index in [-0.39, 0.29) is 36.4 Å². The number of hydrogen-bond acceptors (Lipinski definition) is 7. The fourth-order valence-electron chi connectivity index (χ4n) is 8.54. The number of ketones is 1. The van der Waals surface area contributed by atoms with Gasteiger partial charge in [-0.15, -0.1) is 0 Å². The largest absolute Gasteiger partial charge is 0.465 e. The van der Waals surface area contributed by atoms with Gasteiger partial charge in [-0.2, -0.15) is 0 Å². The van der Waals surface area contributed by atoms with Crippen LogP contribution in [0.5, 0.6) is 0 Å². The molecule has 1 fully saturated rings. The quantitative estimate of drug-likeness (QED) is 0.0655. The minimum absolute atomic E-state index is 0.0161. The van der Waals surface area contributed by atoms with E-state index >= 15 is 0 Å². The molecule has 0 amide bonds. The van der Waals surface area contributed by atoms with Crippen molar-refractivity contribution in [1.29, 1.82) is 0 Å². The number of nitrogens with one attached hydrogen (secondary N) is 4. The molecule has 1 aliphatic carbocycles. The van der Waals surface area contributed by atoms with Crippen molar-refractivity contribution in [2.75, 3.05) is 13.7 Å². The normalized spacial score (nSPS) is 18.9. The molecule has 6 rings (SSSR count). The lowest BCUT2D eigenvalue weighted by Gasteiger charge is -2.23. The van der Waals surface area contributed by atoms with Gasteiger partial charge in [-0.25, -0.2) is 4.79 Å². The molecule has 3 aromatic heterocycles. The summed E-state index contributed by atoms with van der Waals surface area (Å²) in [6.45, 7) is 18.8. The topological polar surface area (TPSA) is 146 Å². The van der Waals surface area contributed by atoms with E-state index in [0.717, 1.165) is 64.7 Å². The van der Waals surface area contributed by atoms with E-state index in [1.54, 1.807) is 6.08 Å². The summed E-state index contributed by atoms with van der Waals surface area (Å²) in [5.41, 5.74) is 9.88. The third kappa shape index (κ3) is 7.39. The maximum absolute atomic E-state index is 14.3. The lowest BCUT2D eigenvalue weighted by atomic mass is 9.82. The van der Waals surface area contributed by atoms with Crippen LogP contribution in [0.4, 0.5) is 0 Å². The van der Waals surface area contributed by atoms with Gasteiger partial charge >= 0.3 is 11.9 Å². The SMILES string of the molecule is C=Cc1c2[nH]c(c1C)C=C1NC(C3=C(C(=O)OC)C(=O)c4c3[nH]c(c4C)C=c3[nH]c(c(C=O)c3CC)=C2)[C@@H](CCC(=O)OC/C=C(/C)CCCC(C)C)[C@@H]1C. The lowest BCUT2D eigenvalue weighted by molar-refractivity contribution is -0.142. The number of aromatic nitrogens is 3. The monoisotopic (exact) mass is 746 g/mol. The molecule has 10 nitrogen and oxygen atoms in total. The molecule has 2 aliphatic heterocycles. The van der Waals surface area contributed by atoms with E-state index in [9.17, 15) is 19.2 Å². The molecule has 55 heavy (non-hydrogen) atoms. The standard InChI is InChI=1S/C45H54N4O6/c1-10-28-25(6)32-19-33-26(7)30(15-16-38(51)55-18-17-24(5)14-12-13-23(3)4)42(48-33)40-41(45(53)54-9)44(52)39-27(8)34(49-43(39)40)20-36-29(11-2)31(22-50)37(47-36)21-35(28)46-32/h10,17,19-23,26,30,42,46-49H,1,11-16,18H2,2-9H3/b24-17-,33-19?,36-20?,37-21?/t26-,30-,42?/m0/s1. The maximum Gasteiger partial charge on any atom is 0.342 e. The van der Waals surface area contributed by atoms with Crippen LogP contribution in [0.2, 0.25) is 0 Å². The average molecular weight is 747 g/mol. The van der Waals surface area contributed by atoms with Gasteiger partial charge in [0.2, 0.25) is 5.78 Å². The van der Waals surface area contributed by atoms with Gasteiger partial charge in [0, 0.05) is 57.2 Å². The first kappa shape index (κ1) is 39.3. The number of carbonyl (C=O) groups is 4. The van der Waals surface area contributed by atoms with Crippen LogP contribution < -0.4 is 16.0 Å². The number of fused-ring (bicyclic) bond motifs is 8. The molecule has 10 heteroatoms. The van der Waals surface area contributed by atoms with E-state index in [2.05, 4.69) is 60.6 Å². The molecule has 290 valence electrons. The van der Waals surface area contributed by atoms with E-state index in [0.29, 0.717) is 57.8 Å². The molecule has 5 heterocycles. The van der Waals surface area contributed by atoms with Crippen LogP contribution >= 0.6 is 0 Å².